The topological polar surface area (TPSA) is 29.1 Å². The van der Waals surface area contributed by atoms with Crippen LogP contribution in [0.2, 0.25) is 5.02 Å². The predicted molar refractivity (Wildman–Crippen MR) is 87.4 cm³/mol. The lowest BCUT2D eigenvalue weighted by molar-refractivity contribution is -0.115. The summed E-state index contributed by atoms with van der Waals surface area (Å²) in [5, 5.41) is 3.60. The molecule has 104 valence electrons. The van der Waals surface area contributed by atoms with Crippen molar-refractivity contribution in [1.82, 2.24) is 0 Å². The molecule has 0 heterocycles. The Kier molecular flexibility index (Phi) is 4.84. The van der Waals surface area contributed by atoms with Gasteiger partial charge in [-0.05, 0) is 54.8 Å². The van der Waals surface area contributed by atoms with Gasteiger partial charge >= 0.3 is 0 Å². The first-order chi connectivity index (χ1) is 9.45. The predicted octanol–water partition coefficient (Wildman–Crippen LogP) is 4.90. The van der Waals surface area contributed by atoms with E-state index in [1.807, 2.05) is 38.1 Å². The Hall–Kier alpha value is -1.32. The third-order valence-corrected chi connectivity index (χ3v) is 4.50. The maximum atomic E-state index is 12.0. The standard InChI is InChI=1S/C16H15BrClNO/c1-10-7-14(8-11(2)16(10)17)19-15(20)9-12-3-5-13(18)6-4-12/h3-8H,9H2,1-2H3,(H,19,20). The second-order valence-electron chi connectivity index (χ2n) is 4.78. The van der Waals surface area contributed by atoms with E-state index in [0.717, 1.165) is 26.9 Å². The van der Waals surface area contributed by atoms with E-state index in [1.165, 1.54) is 0 Å². The van der Waals surface area contributed by atoms with Crippen molar-refractivity contribution in [2.45, 2.75) is 20.3 Å². The Morgan fingerprint density at radius 3 is 2.25 bits per heavy atom. The Bertz CT molecular complexity index is 614. The van der Waals surface area contributed by atoms with Gasteiger partial charge in [-0.25, -0.2) is 0 Å². The molecule has 2 aromatic rings. The van der Waals surface area contributed by atoms with E-state index < -0.39 is 0 Å². The third-order valence-electron chi connectivity index (χ3n) is 3.00. The van der Waals surface area contributed by atoms with Gasteiger partial charge in [0.25, 0.3) is 0 Å². The van der Waals surface area contributed by atoms with Gasteiger partial charge in [0, 0.05) is 15.2 Å². The Labute approximate surface area is 132 Å². The average Bonchev–Trinajstić information content (AvgIpc) is 2.38. The highest BCUT2D eigenvalue weighted by molar-refractivity contribution is 9.10. The first kappa shape index (κ1) is 15.1. The number of amides is 1. The van der Waals surface area contributed by atoms with E-state index in [0.29, 0.717) is 11.4 Å². The highest BCUT2D eigenvalue weighted by Gasteiger charge is 2.07. The molecule has 2 nitrogen and oxygen atoms in total. The summed E-state index contributed by atoms with van der Waals surface area (Å²) in [5.41, 5.74) is 3.97. The second-order valence-corrected chi connectivity index (χ2v) is 6.00. The Morgan fingerprint density at radius 1 is 1.15 bits per heavy atom. The van der Waals surface area contributed by atoms with Gasteiger partial charge in [0.05, 0.1) is 6.42 Å². The van der Waals surface area contributed by atoms with Crippen molar-refractivity contribution in [3.05, 3.63) is 62.6 Å². The molecule has 20 heavy (non-hydrogen) atoms. The molecule has 2 rings (SSSR count). The number of hydrogen-bond donors (Lipinski definition) is 1. The highest BCUT2D eigenvalue weighted by atomic mass is 79.9. The largest absolute Gasteiger partial charge is 0.326 e. The van der Waals surface area contributed by atoms with Crippen LogP contribution in [0, 0.1) is 13.8 Å². The number of carbonyl (C=O) groups excluding carboxylic acids is 1. The summed E-state index contributed by atoms with van der Waals surface area (Å²) < 4.78 is 1.08. The lowest BCUT2D eigenvalue weighted by Gasteiger charge is -2.10. The molecule has 0 aromatic heterocycles. The molecule has 1 N–H and O–H groups in total. The van der Waals surface area contributed by atoms with Gasteiger partial charge in [-0.15, -0.1) is 0 Å². The normalized spacial score (nSPS) is 10.4. The maximum Gasteiger partial charge on any atom is 0.228 e. The quantitative estimate of drug-likeness (QED) is 0.836. The summed E-state index contributed by atoms with van der Waals surface area (Å²) in [4.78, 5) is 12.0. The van der Waals surface area contributed by atoms with E-state index >= 15 is 0 Å². The maximum absolute atomic E-state index is 12.0. The van der Waals surface area contributed by atoms with Crippen molar-refractivity contribution in [2.75, 3.05) is 5.32 Å². The molecule has 0 atom stereocenters. The first-order valence-corrected chi connectivity index (χ1v) is 7.44. The number of rotatable bonds is 3. The van der Waals surface area contributed by atoms with Crippen LogP contribution >= 0.6 is 27.5 Å². The number of hydrogen-bond acceptors (Lipinski definition) is 1. The minimum Gasteiger partial charge on any atom is -0.326 e. The van der Waals surface area contributed by atoms with Crippen LogP contribution in [0.15, 0.2) is 40.9 Å². The van der Waals surface area contributed by atoms with Crippen LogP contribution in [0.3, 0.4) is 0 Å². The van der Waals surface area contributed by atoms with E-state index in [4.69, 9.17) is 11.6 Å². The molecule has 0 saturated heterocycles. The molecule has 0 spiro atoms. The molecule has 2 aromatic carbocycles. The van der Waals surface area contributed by atoms with E-state index in [2.05, 4.69) is 21.2 Å². The molecule has 0 aliphatic rings. The fourth-order valence-electron chi connectivity index (χ4n) is 2.01. The zero-order valence-corrected chi connectivity index (χ0v) is 13.7. The van der Waals surface area contributed by atoms with Crippen molar-refractivity contribution in [2.24, 2.45) is 0 Å². The van der Waals surface area contributed by atoms with Crippen LogP contribution in [0.1, 0.15) is 16.7 Å². The van der Waals surface area contributed by atoms with Crippen molar-refractivity contribution >= 4 is 39.1 Å². The van der Waals surface area contributed by atoms with Crippen LogP contribution in [0.5, 0.6) is 0 Å². The fraction of sp³-hybridized carbons (Fsp3) is 0.188. The van der Waals surface area contributed by atoms with Crippen molar-refractivity contribution in [3.63, 3.8) is 0 Å². The molecular weight excluding hydrogens is 338 g/mol. The lowest BCUT2D eigenvalue weighted by atomic mass is 10.1. The number of anilines is 1. The van der Waals surface area contributed by atoms with E-state index in [-0.39, 0.29) is 5.91 Å². The fourth-order valence-corrected chi connectivity index (χ4v) is 2.37. The van der Waals surface area contributed by atoms with Crippen LogP contribution in [0.4, 0.5) is 5.69 Å². The molecule has 0 saturated carbocycles. The Balaban J connectivity index is 2.06. The molecule has 0 aliphatic heterocycles. The number of benzene rings is 2. The van der Waals surface area contributed by atoms with Crippen LogP contribution in [-0.4, -0.2) is 5.91 Å². The van der Waals surface area contributed by atoms with Gasteiger partial charge in [-0.3, -0.25) is 4.79 Å². The van der Waals surface area contributed by atoms with Gasteiger partial charge in [0.1, 0.15) is 0 Å². The summed E-state index contributed by atoms with van der Waals surface area (Å²) in [7, 11) is 0. The third kappa shape index (κ3) is 3.84. The van der Waals surface area contributed by atoms with E-state index in [9.17, 15) is 4.79 Å². The minimum atomic E-state index is -0.0338. The first-order valence-electron chi connectivity index (χ1n) is 6.27. The molecule has 0 fully saturated rings. The van der Waals surface area contributed by atoms with E-state index in [1.54, 1.807) is 12.1 Å². The molecule has 0 bridgehead atoms. The molecule has 0 unspecified atom stereocenters. The number of nitrogens with one attached hydrogen (secondary N) is 1. The summed E-state index contributed by atoms with van der Waals surface area (Å²) in [6, 6.07) is 11.2. The SMILES string of the molecule is Cc1cc(NC(=O)Cc2ccc(Cl)cc2)cc(C)c1Br. The molecule has 0 aliphatic carbocycles. The average molecular weight is 353 g/mol. The van der Waals surface area contributed by atoms with Gasteiger partial charge in [-0.1, -0.05) is 39.7 Å². The molecule has 0 radical (unpaired) electrons. The van der Waals surface area contributed by atoms with Crippen molar-refractivity contribution in [1.29, 1.82) is 0 Å². The van der Waals surface area contributed by atoms with Crippen LogP contribution in [0.25, 0.3) is 0 Å². The monoisotopic (exact) mass is 351 g/mol. The zero-order chi connectivity index (χ0) is 14.7. The second kappa shape index (κ2) is 6.42. The molecule has 1 amide bonds. The van der Waals surface area contributed by atoms with Crippen LogP contribution < -0.4 is 5.32 Å². The van der Waals surface area contributed by atoms with Crippen molar-refractivity contribution in [3.8, 4) is 0 Å². The number of halogens is 2. The van der Waals surface area contributed by atoms with Gasteiger partial charge in [0.15, 0.2) is 0 Å². The summed E-state index contributed by atoms with van der Waals surface area (Å²) >= 11 is 9.34. The number of aryl methyl sites for hydroxylation is 2. The minimum absolute atomic E-state index is 0.0338. The molecule has 4 heteroatoms. The lowest BCUT2D eigenvalue weighted by Crippen LogP contribution is -2.14. The van der Waals surface area contributed by atoms with Crippen LogP contribution in [-0.2, 0) is 11.2 Å². The zero-order valence-electron chi connectivity index (χ0n) is 11.3. The summed E-state index contributed by atoms with van der Waals surface area (Å²) in [6.07, 6.45) is 0.339. The summed E-state index contributed by atoms with van der Waals surface area (Å²) in [6.45, 7) is 4.01. The number of carbonyl (C=O) groups is 1. The molecular formula is C16H15BrClNO. The van der Waals surface area contributed by atoms with Crippen molar-refractivity contribution < 1.29 is 4.79 Å². The van der Waals surface area contributed by atoms with Gasteiger partial charge in [0.2, 0.25) is 5.91 Å². The Morgan fingerprint density at radius 2 is 1.70 bits per heavy atom. The highest BCUT2D eigenvalue weighted by Crippen LogP contribution is 2.25. The summed E-state index contributed by atoms with van der Waals surface area (Å²) in [5.74, 6) is -0.0338. The van der Waals surface area contributed by atoms with Gasteiger partial charge < -0.3 is 5.32 Å². The van der Waals surface area contributed by atoms with Gasteiger partial charge in [-0.2, -0.15) is 0 Å². The smallest absolute Gasteiger partial charge is 0.228 e.